The van der Waals surface area contributed by atoms with Gasteiger partial charge in [0.05, 0.1) is 4.90 Å². The second kappa shape index (κ2) is 6.47. The van der Waals surface area contributed by atoms with E-state index in [0.717, 1.165) is 12.8 Å². The van der Waals surface area contributed by atoms with Crippen molar-refractivity contribution in [3.8, 4) is 0 Å². The van der Waals surface area contributed by atoms with Crippen LogP contribution in [0.3, 0.4) is 0 Å². The van der Waals surface area contributed by atoms with E-state index >= 15 is 0 Å². The Labute approximate surface area is 119 Å². The molecule has 1 fully saturated rings. The molecule has 1 aliphatic heterocycles. The average molecular weight is 297 g/mol. The molecule has 0 aliphatic carbocycles. The van der Waals surface area contributed by atoms with Crippen molar-refractivity contribution in [2.24, 2.45) is 5.92 Å². The van der Waals surface area contributed by atoms with Crippen LogP contribution in [0.5, 0.6) is 0 Å². The van der Waals surface area contributed by atoms with Gasteiger partial charge in [0.1, 0.15) is 6.29 Å². The lowest BCUT2D eigenvalue weighted by molar-refractivity contribution is 0.112. The Bertz CT molecular complexity index is 551. The number of sulfonamides is 1. The maximum Gasteiger partial charge on any atom is 0.243 e. The normalized spacial score (nSPS) is 20.8. The number of aldehydes is 1. The second-order valence-corrected chi connectivity index (χ2v) is 7.01. The molecule has 1 atom stereocenters. The summed E-state index contributed by atoms with van der Waals surface area (Å²) in [5, 5.41) is 8.98. The van der Waals surface area contributed by atoms with E-state index in [1.165, 1.54) is 28.6 Å². The monoisotopic (exact) mass is 297 g/mol. The van der Waals surface area contributed by atoms with Crippen LogP contribution in [0.25, 0.3) is 0 Å². The average Bonchev–Trinajstić information content (AvgIpc) is 2.48. The molecule has 0 bridgehead atoms. The van der Waals surface area contributed by atoms with Crippen LogP contribution in [0.1, 0.15) is 29.6 Å². The minimum absolute atomic E-state index is 0.0899. The predicted octanol–water partition coefficient (Wildman–Crippen LogP) is 1.28. The van der Waals surface area contributed by atoms with Crippen molar-refractivity contribution in [1.29, 1.82) is 0 Å². The number of aliphatic hydroxyl groups is 1. The molecular weight excluding hydrogens is 278 g/mol. The molecule has 1 N–H and O–H groups in total. The Balaban J connectivity index is 2.18. The topological polar surface area (TPSA) is 74.7 Å². The van der Waals surface area contributed by atoms with Gasteiger partial charge in [-0.3, -0.25) is 4.79 Å². The fraction of sp³-hybridized carbons (Fsp3) is 0.500. The van der Waals surface area contributed by atoms with Gasteiger partial charge in [0.2, 0.25) is 10.0 Å². The minimum atomic E-state index is -3.50. The zero-order chi connectivity index (χ0) is 14.6. The van der Waals surface area contributed by atoms with Gasteiger partial charge in [0.25, 0.3) is 0 Å². The summed E-state index contributed by atoms with van der Waals surface area (Å²) in [6.45, 7) is 1.06. The molecule has 0 radical (unpaired) electrons. The Morgan fingerprint density at radius 2 is 2.00 bits per heavy atom. The molecule has 0 spiro atoms. The van der Waals surface area contributed by atoms with Crippen LogP contribution >= 0.6 is 0 Å². The van der Waals surface area contributed by atoms with Gasteiger partial charge in [-0.1, -0.05) is 12.1 Å². The summed E-state index contributed by atoms with van der Waals surface area (Å²) >= 11 is 0. The Morgan fingerprint density at radius 3 is 2.60 bits per heavy atom. The number of benzene rings is 1. The van der Waals surface area contributed by atoms with Gasteiger partial charge in [0, 0.05) is 25.3 Å². The molecule has 110 valence electrons. The number of hydrogen-bond acceptors (Lipinski definition) is 4. The van der Waals surface area contributed by atoms with Crippen molar-refractivity contribution in [3.05, 3.63) is 29.8 Å². The molecule has 1 aromatic carbocycles. The minimum Gasteiger partial charge on any atom is -0.396 e. The lowest BCUT2D eigenvalue weighted by Crippen LogP contribution is -2.40. The molecule has 1 aromatic rings. The third kappa shape index (κ3) is 3.26. The quantitative estimate of drug-likeness (QED) is 0.831. The van der Waals surface area contributed by atoms with Gasteiger partial charge < -0.3 is 5.11 Å². The van der Waals surface area contributed by atoms with Crippen molar-refractivity contribution in [3.63, 3.8) is 0 Å². The zero-order valence-corrected chi connectivity index (χ0v) is 12.1. The van der Waals surface area contributed by atoms with E-state index < -0.39 is 10.0 Å². The first-order valence-electron chi connectivity index (χ1n) is 6.74. The van der Waals surface area contributed by atoms with Crippen LogP contribution in [0.2, 0.25) is 0 Å². The van der Waals surface area contributed by atoms with E-state index in [1.807, 2.05) is 0 Å². The van der Waals surface area contributed by atoms with Crippen molar-refractivity contribution in [1.82, 2.24) is 4.31 Å². The van der Waals surface area contributed by atoms with Gasteiger partial charge in [-0.05, 0) is 37.3 Å². The van der Waals surface area contributed by atoms with Crippen molar-refractivity contribution < 1.29 is 18.3 Å². The molecule has 1 unspecified atom stereocenters. The molecule has 5 nitrogen and oxygen atoms in total. The largest absolute Gasteiger partial charge is 0.396 e. The van der Waals surface area contributed by atoms with Crippen LogP contribution in [-0.4, -0.2) is 43.8 Å². The highest BCUT2D eigenvalue weighted by atomic mass is 32.2. The number of hydrogen-bond donors (Lipinski definition) is 1. The van der Waals surface area contributed by atoms with E-state index in [1.54, 1.807) is 0 Å². The number of aliphatic hydroxyl groups excluding tert-OH is 1. The van der Waals surface area contributed by atoms with E-state index in [0.29, 0.717) is 31.4 Å². The number of piperidine rings is 1. The van der Waals surface area contributed by atoms with Crippen molar-refractivity contribution in [2.75, 3.05) is 19.7 Å². The number of carbonyl (C=O) groups excluding carboxylic acids is 1. The Morgan fingerprint density at radius 1 is 1.30 bits per heavy atom. The summed E-state index contributed by atoms with van der Waals surface area (Å²) in [6.07, 6.45) is 3.09. The number of nitrogens with zero attached hydrogens (tertiary/aromatic N) is 1. The summed E-state index contributed by atoms with van der Waals surface area (Å²) in [5.41, 5.74) is 0.459. The summed E-state index contributed by atoms with van der Waals surface area (Å²) in [7, 11) is -3.50. The molecule has 0 saturated carbocycles. The fourth-order valence-corrected chi connectivity index (χ4v) is 4.09. The lowest BCUT2D eigenvalue weighted by Gasteiger charge is -2.31. The molecule has 0 amide bonds. The molecular formula is C14H19NO4S. The molecule has 1 saturated heterocycles. The van der Waals surface area contributed by atoms with E-state index in [-0.39, 0.29) is 17.4 Å². The smallest absolute Gasteiger partial charge is 0.243 e. The lowest BCUT2D eigenvalue weighted by atomic mass is 9.97. The molecule has 1 heterocycles. The highest BCUT2D eigenvalue weighted by Gasteiger charge is 2.29. The first-order valence-corrected chi connectivity index (χ1v) is 8.18. The summed E-state index contributed by atoms with van der Waals surface area (Å²) in [6, 6.07) is 5.95. The molecule has 2 rings (SSSR count). The number of rotatable bonds is 5. The third-order valence-corrected chi connectivity index (χ3v) is 5.55. The third-order valence-electron chi connectivity index (χ3n) is 3.67. The van der Waals surface area contributed by atoms with Gasteiger partial charge >= 0.3 is 0 Å². The van der Waals surface area contributed by atoms with Gasteiger partial charge in [-0.15, -0.1) is 0 Å². The van der Waals surface area contributed by atoms with Crippen LogP contribution in [0.4, 0.5) is 0 Å². The first kappa shape index (κ1) is 15.2. The van der Waals surface area contributed by atoms with Gasteiger partial charge in [-0.2, -0.15) is 4.31 Å². The predicted molar refractivity (Wildman–Crippen MR) is 75.0 cm³/mol. The maximum absolute atomic E-state index is 12.5. The second-order valence-electron chi connectivity index (χ2n) is 5.07. The molecule has 0 aromatic heterocycles. The van der Waals surface area contributed by atoms with Crippen molar-refractivity contribution in [2.45, 2.75) is 24.2 Å². The first-order chi connectivity index (χ1) is 9.57. The highest BCUT2D eigenvalue weighted by Crippen LogP contribution is 2.25. The van der Waals surface area contributed by atoms with E-state index in [2.05, 4.69) is 0 Å². The fourth-order valence-electron chi connectivity index (χ4n) is 2.53. The van der Waals surface area contributed by atoms with Crippen LogP contribution in [0.15, 0.2) is 29.2 Å². The van der Waals surface area contributed by atoms with Crippen LogP contribution in [-0.2, 0) is 10.0 Å². The van der Waals surface area contributed by atoms with Crippen LogP contribution < -0.4 is 0 Å². The standard InChI is InChI=1S/C14H19NO4S/c16-9-7-12-2-1-8-15(10-12)20(18,19)14-5-3-13(11-17)4-6-14/h3-6,11-12,16H,1-2,7-10H2. The van der Waals surface area contributed by atoms with Gasteiger partial charge in [-0.25, -0.2) is 8.42 Å². The van der Waals surface area contributed by atoms with E-state index in [4.69, 9.17) is 5.11 Å². The summed E-state index contributed by atoms with van der Waals surface area (Å²) in [4.78, 5) is 10.8. The van der Waals surface area contributed by atoms with Crippen LogP contribution in [0, 0.1) is 5.92 Å². The zero-order valence-electron chi connectivity index (χ0n) is 11.2. The van der Waals surface area contributed by atoms with E-state index in [9.17, 15) is 13.2 Å². The highest BCUT2D eigenvalue weighted by molar-refractivity contribution is 7.89. The summed E-state index contributed by atoms with van der Waals surface area (Å²) in [5.74, 6) is 0.220. The molecule has 1 aliphatic rings. The SMILES string of the molecule is O=Cc1ccc(S(=O)(=O)N2CCCC(CCO)C2)cc1. The molecule has 6 heteroatoms. The molecule has 20 heavy (non-hydrogen) atoms. The Kier molecular flexibility index (Phi) is 4.91. The van der Waals surface area contributed by atoms with Gasteiger partial charge in [0.15, 0.2) is 0 Å². The summed E-state index contributed by atoms with van der Waals surface area (Å²) < 4.78 is 26.5. The number of carbonyl (C=O) groups is 1. The van der Waals surface area contributed by atoms with Crippen molar-refractivity contribution >= 4 is 16.3 Å². The maximum atomic E-state index is 12.5. The Hall–Kier alpha value is -1.24.